The number of rotatable bonds is 3. The van der Waals surface area contributed by atoms with Crippen LogP contribution in [0.5, 0.6) is 0 Å². The van der Waals surface area contributed by atoms with Crippen molar-refractivity contribution in [1.29, 1.82) is 0 Å². The summed E-state index contributed by atoms with van der Waals surface area (Å²) >= 11 is 1.07. The van der Waals surface area contributed by atoms with Crippen LogP contribution in [0.3, 0.4) is 0 Å². The first-order chi connectivity index (χ1) is 9.10. The van der Waals surface area contributed by atoms with Gasteiger partial charge >= 0.3 is 0 Å². The normalized spacial score (nSPS) is 11.5. The van der Waals surface area contributed by atoms with Gasteiger partial charge in [-0.2, -0.15) is 0 Å². The van der Waals surface area contributed by atoms with Crippen molar-refractivity contribution in [3.63, 3.8) is 0 Å². The fourth-order valence-electron chi connectivity index (χ4n) is 1.31. The van der Waals surface area contributed by atoms with Gasteiger partial charge in [0.15, 0.2) is 11.0 Å². The van der Waals surface area contributed by atoms with Crippen molar-refractivity contribution >= 4 is 17.6 Å². The molecule has 9 heteroatoms. The summed E-state index contributed by atoms with van der Waals surface area (Å²) in [7, 11) is 0. The van der Waals surface area contributed by atoms with E-state index in [-0.39, 0.29) is 17.1 Å². The highest BCUT2D eigenvalue weighted by Gasteiger charge is 2.12. The number of aromatic amines is 1. The van der Waals surface area contributed by atoms with Gasteiger partial charge in [0, 0.05) is 24.2 Å². The average molecular weight is 278 g/mol. The highest BCUT2D eigenvalue weighted by Crippen LogP contribution is 2.23. The van der Waals surface area contributed by atoms with E-state index in [1.807, 2.05) is 0 Å². The molecule has 0 saturated heterocycles. The first kappa shape index (κ1) is 13.0. The van der Waals surface area contributed by atoms with Gasteiger partial charge < -0.3 is 15.9 Å². The molecule has 2 rings (SSSR count). The first-order valence-electron chi connectivity index (χ1n) is 5.15. The van der Waals surface area contributed by atoms with Crippen molar-refractivity contribution in [2.75, 3.05) is 0 Å². The Morgan fingerprint density at radius 1 is 1.47 bits per heavy atom. The molecule has 0 aliphatic heterocycles. The Bertz CT molecular complexity index is 684. The number of hydrogen-bond donors (Lipinski definition) is 3. The highest BCUT2D eigenvalue weighted by atomic mass is 32.2. The molecule has 0 radical (unpaired) electrons. The average Bonchev–Trinajstić information content (AvgIpc) is 2.37. The van der Waals surface area contributed by atoms with Crippen LogP contribution in [0.25, 0.3) is 0 Å². The third-order valence-electron chi connectivity index (χ3n) is 2.06. The monoisotopic (exact) mass is 278 g/mol. The van der Waals surface area contributed by atoms with Gasteiger partial charge in [0.1, 0.15) is 10.7 Å². The zero-order valence-electron chi connectivity index (χ0n) is 9.86. The molecule has 98 valence electrons. The molecule has 0 unspecified atom stereocenters. The number of amidine groups is 1. The molecule has 19 heavy (non-hydrogen) atoms. The van der Waals surface area contributed by atoms with Crippen molar-refractivity contribution < 1.29 is 5.21 Å². The number of nitrogens with zero attached hydrogens (tertiary/aromatic N) is 4. The highest BCUT2D eigenvalue weighted by molar-refractivity contribution is 7.99. The predicted molar refractivity (Wildman–Crippen MR) is 68.3 cm³/mol. The summed E-state index contributed by atoms with van der Waals surface area (Å²) in [6, 6.07) is 1.38. The van der Waals surface area contributed by atoms with Crippen molar-refractivity contribution in [1.82, 2.24) is 19.9 Å². The third-order valence-corrected chi connectivity index (χ3v) is 2.94. The molecule has 2 aromatic rings. The van der Waals surface area contributed by atoms with Crippen LogP contribution in [0, 0.1) is 6.92 Å². The Morgan fingerprint density at radius 2 is 2.21 bits per heavy atom. The molecule has 0 aromatic carbocycles. The summed E-state index contributed by atoms with van der Waals surface area (Å²) < 4.78 is 0. The molecule has 0 amide bonds. The molecule has 0 bridgehead atoms. The number of oxime groups is 1. The Balaban J connectivity index is 2.41. The quantitative estimate of drug-likeness (QED) is 0.239. The van der Waals surface area contributed by atoms with Crippen molar-refractivity contribution in [3.05, 3.63) is 40.2 Å². The van der Waals surface area contributed by atoms with E-state index in [1.54, 1.807) is 6.92 Å². The zero-order chi connectivity index (χ0) is 13.8. The summed E-state index contributed by atoms with van der Waals surface area (Å²) in [5.74, 6) is -0.161. The minimum atomic E-state index is -0.260. The number of nitrogens with two attached hydrogens (primary N) is 1. The topological polar surface area (TPSA) is 130 Å². The lowest BCUT2D eigenvalue weighted by Crippen LogP contribution is -2.17. The van der Waals surface area contributed by atoms with Crippen LogP contribution in [-0.2, 0) is 0 Å². The number of hydrogen-bond acceptors (Lipinski definition) is 7. The number of aryl methyl sites for hydroxylation is 1. The van der Waals surface area contributed by atoms with Crippen LogP contribution in [0.2, 0.25) is 0 Å². The largest absolute Gasteiger partial charge is 0.409 e. The van der Waals surface area contributed by atoms with Gasteiger partial charge in [-0.1, -0.05) is 5.16 Å². The molecular weight excluding hydrogens is 268 g/mol. The van der Waals surface area contributed by atoms with Crippen molar-refractivity contribution in [3.8, 4) is 0 Å². The maximum absolute atomic E-state index is 11.3. The van der Waals surface area contributed by atoms with Gasteiger partial charge in [0.2, 0.25) is 0 Å². The number of nitrogens with one attached hydrogen (secondary N) is 1. The number of aromatic nitrogens is 4. The molecule has 0 atom stereocenters. The predicted octanol–water partition coefficient (Wildman–Crippen LogP) is 0.114. The Hall–Kier alpha value is -2.42. The van der Waals surface area contributed by atoms with Crippen LogP contribution in [0.15, 0.2) is 38.6 Å². The summed E-state index contributed by atoms with van der Waals surface area (Å²) in [6.07, 6.45) is 2.88. The fraction of sp³-hybridized carbons (Fsp3) is 0.100. The zero-order valence-corrected chi connectivity index (χ0v) is 10.7. The van der Waals surface area contributed by atoms with Gasteiger partial charge in [-0.05, 0) is 18.7 Å². The van der Waals surface area contributed by atoms with E-state index in [1.165, 1.54) is 18.5 Å². The van der Waals surface area contributed by atoms with E-state index < -0.39 is 0 Å². The third kappa shape index (κ3) is 3.07. The molecule has 0 aliphatic carbocycles. The molecule has 0 saturated carbocycles. The van der Waals surface area contributed by atoms with Gasteiger partial charge in [0.05, 0.1) is 0 Å². The van der Waals surface area contributed by atoms with Gasteiger partial charge in [-0.15, -0.1) is 0 Å². The van der Waals surface area contributed by atoms with Crippen LogP contribution in [0.1, 0.15) is 11.4 Å². The first-order valence-corrected chi connectivity index (χ1v) is 5.96. The van der Waals surface area contributed by atoms with Crippen LogP contribution in [-0.4, -0.2) is 31.0 Å². The van der Waals surface area contributed by atoms with E-state index in [9.17, 15) is 4.79 Å². The lowest BCUT2D eigenvalue weighted by Gasteiger charge is -2.04. The molecule has 0 aliphatic rings. The van der Waals surface area contributed by atoms with Crippen LogP contribution in [0.4, 0.5) is 0 Å². The molecule has 2 aromatic heterocycles. The summed E-state index contributed by atoms with van der Waals surface area (Å²) in [5.41, 5.74) is 6.05. The second kappa shape index (κ2) is 5.48. The number of H-pyrrole nitrogens is 1. The molecule has 0 spiro atoms. The van der Waals surface area contributed by atoms with E-state index in [4.69, 9.17) is 10.9 Å². The maximum Gasteiger partial charge on any atom is 0.251 e. The van der Waals surface area contributed by atoms with Crippen molar-refractivity contribution in [2.45, 2.75) is 17.1 Å². The summed E-state index contributed by atoms with van der Waals surface area (Å²) in [6.45, 7) is 1.71. The minimum absolute atomic E-state index is 0.161. The SMILES string of the molecule is Cc1cc(=O)[nH]c(Sc2nccnc2/C(N)=N/O)n1. The van der Waals surface area contributed by atoms with E-state index in [0.717, 1.165) is 11.8 Å². The molecule has 8 nitrogen and oxygen atoms in total. The van der Waals surface area contributed by atoms with E-state index >= 15 is 0 Å². The lowest BCUT2D eigenvalue weighted by atomic mass is 10.4. The van der Waals surface area contributed by atoms with Gasteiger partial charge in [-0.3, -0.25) is 4.79 Å². The van der Waals surface area contributed by atoms with Gasteiger partial charge in [0.25, 0.3) is 5.56 Å². The lowest BCUT2D eigenvalue weighted by molar-refractivity contribution is 0.318. The summed E-state index contributed by atoms with van der Waals surface area (Å²) in [5, 5.41) is 12.3. The standard InChI is InChI=1S/C10H10N6O2S/c1-5-4-6(17)15-10(14-5)19-9-7(8(11)16-18)12-2-3-13-9/h2-4,18H,1H3,(H2,11,16)(H,14,15,17). The minimum Gasteiger partial charge on any atom is -0.409 e. The molecule has 0 fully saturated rings. The Labute approximate surface area is 111 Å². The molecule has 2 heterocycles. The fourth-order valence-corrected chi connectivity index (χ4v) is 2.21. The van der Waals surface area contributed by atoms with Crippen LogP contribution >= 0.6 is 11.8 Å². The molecular formula is C10H10N6O2S. The molecule has 4 N–H and O–H groups in total. The van der Waals surface area contributed by atoms with Crippen LogP contribution < -0.4 is 11.3 Å². The van der Waals surface area contributed by atoms with E-state index in [0.29, 0.717) is 15.9 Å². The van der Waals surface area contributed by atoms with Crippen molar-refractivity contribution in [2.24, 2.45) is 10.9 Å². The second-order valence-electron chi connectivity index (χ2n) is 3.49. The maximum atomic E-state index is 11.3. The Kier molecular flexibility index (Phi) is 3.76. The Morgan fingerprint density at radius 3 is 2.89 bits per heavy atom. The smallest absolute Gasteiger partial charge is 0.251 e. The van der Waals surface area contributed by atoms with E-state index in [2.05, 4.69) is 25.1 Å². The van der Waals surface area contributed by atoms with Gasteiger partial charge in [-0.25, -0.2) is 15.0 Å². The summed E-state index contributed by atoms with van der Waals surface area (Å²) in [4.78, 5) is 26.1. The second-order valence-corrected chi connectivity index (χ2v) is 4.47.